The predicted molar refractivity (Wildman–Crippen MR) is 158 cm³/mol. The van der Waals surface area contributed by atoms with Crippen molar-refractivity contribution in [3.05, 3.63) is 54.1 Å². The van der Waals surface area contributed by atoms with Gasteiger partial charge in [-0.25, -0.2) is 0 Å². The molecular formula is C32H34O10. The summed E-state index contributed by atoms with van der Waals surface area (Å²) in [6, 6.07) is 14.3. The Morgan fingerprint density at radius 2 is 1.12 bits per heavy atom. The number of ether oxygens (including phenoxy) is 9. The maximum absolute atomic E-state index is 13.2. The Morgan fingerprint density at radius 1 is 0.548 bits per heavy atom. The Kier molecular flexibility index (Phi) is 9.36. The Labute approximate surface area is 244 Å². The maximum atomic E-state index is 13.2. The van der Waals surface area contributed by atoms with Crippen LogP contribution in [0.15, 0.2) is 48.5 Å². The second kappa shape index (κ2) is 13.1. The van der Waals surface area contributed by atoms with E-state index >= 15 is 0 Å². The first kappa shape index (κ1) is 30.0. The van der Waals surface area contributed by atoms with Crippen LogP contribution in [-0.2, 0) is 11.2 Å². The van der Waals surface area contributed by atoms with Crippen LogP contribution in [0.3, 0.4) is 0 Å². The summed E-state index contributed by atoms with van der Waals surface area (Å²) < 4.78 is 50.1. The van der Waals surface area contributed by atoms with Crippen LogP contribution in [0.5, 0.6) is 51.7 Å². The van der Waals surface area contributed by atoms with Gasteiger partial charge >= 0.3 is 5.97 Å². The van der Waals surface area contributed by atoms with Gasteiger partial charge < -0.3 is 42.6 Å². The van der Waals surface area contributed by atoms with Crippen molar-refractivity contribution in [3.63, 3.8) is 0 Å². The zero-order chi connectivity index (χ0) is 30.4. The molecule has 0 atom stereocenters. The van der Waals surface area contributed by atoms with Crippen molar-refractivity contribution in [2.24, 2.45) is 0 Å². The second-order valence-corrected chi connectivity index (χ2v) is 8.97. The Balaban J connectivity index is 1.84. The quantitative estimate of drug-likeness (QED) is 0.153. The smallest absolute Gasteiger partial charge is 0.315 e. The highest BCUT2D eigenvalue weighted by molar-refractivity contribution is 6.05. The topological polar surface area (TPSA) is 100 Å². The number of methoxy groups -OCH3 is 8. The van der Waals surface area contributed by atoms with E-state index in [9.17, 15) is 4.79 Å². The minimum atomic E-state index is -0.491. The first-order chi connectivity index (χ1) is 20.3. The summed E-state index contributed by atoms with van der Waals surface area (Å²) >= 11 is 0. The maximum Gasteiger partial charge on any atom is 0.315 e. The van der Waals surface area contributed by atoms with Crippen LogP contribution in [0.2, 0.25) is 0 Å². The van der Waals surface area contributed by atoms with Crippen molar-refractivity contribution in [3.8, 4) is 62.9 Å². The number of rotatable bonds is 12. The molecule has 0 spiro atoms. The average Bonchev–Trinajstić information content (AvgIpc) is 3.02. The van der Waals surface area contributed by atoms with Crippen LogP contribution in [0, 0.1) is 0 Å². The van der Waals surface area contributed by atoms with Gasteiger partial charge in [0.2, 0.25) is 11.5 Å². The van der Waals surface area contributed by atoms with Crippen molar-refractivity contribution in [1.82, 2.24) is 0 Å². The molecule has 0 N–H and O–H groups in total. The van der Waals surface area contributed by atoms with E-state index in [-0.39, 0.29) is 6.42 Å². The molecular weight excluding hydrogens is 544 g/mol. The molecule has 4 aromatic carbocycles. The van der Waals surface area contributed by atoms with Gasteiger partial charge in [-0.05, 0) is 64.5 Å². The molecule has 0 aliphatic carbocycles. The fourth-order valence-corrected chi connectivity index (χ4v) is 4.84. The number of fused-ring (bicyclic) bond motifs is 1. The van der Waals surface area contributed by atoms with E-state index in [2.05, 4.69) is 0 Å². The molecule has 0 saturated carbocycles. The first-order valence-corrected chi connectivity index (χ1v) is 12.8. The summed E-state index contributed by atoms with van der Waals surface area (Å²) in [6.07, 6.45) is -0.0459. The number of carbonyl (C=O) groups excluding carboxylic acids is 1. The number of hydrogen-bond acceptors (Lipinski definition) is 10. The molecule has 10 heteroatoms. The molecule has 0 aliphatic heterocycles. The van der Waals surface area contributed by atoms with Crippen LogP contribution < -0.4 is 42.6 Å². The van der Waals surface area contributed by atoms with Gasteiger partial charge in [0, 0.05) is 5.39 Å². The molecule has 0 bridgehead atoms. The molecule has 222 valence electrons. The summed E-state index contributed by atoms with van der Waals surface area (Å²) in [5.41, 5.74) is 2.11. The highest BCUT2D eigenvalue weighted by atomic mass is 16.5. The normalized spacial score (nSPS) is 10.6. The van der Waals surface area contributed by atoms with E-state index in [1.807, 2.05) is 12.1 Å². The van der Waals surface area contributed by atoms with Gasteiger partial charge in [0.1, 0.15) is 5.75 Å². The van der Waals surface area contributed by atoms with Crippen molar-refractivity contribution in [2.45, 2.75) is 6.42 Å². The molecule has 42 heavy (non-hydrogen) atoms. The van der Waals surface area contributed by atoms with Gasteiger partial charge in [0.25, 0.3) is 0 Å². The number of hydrogen-bond donors (Lipinski definition) is 0. The zero-order valence-electron chi connectivity index (χ0n) is 24.9. The predicted octanol–water partition coefficient (Wildman–Crippen LogP) is 5.72. The molecule has 0 fully saturated rings. The van der Waals surface area contributed by atoms with Crippen molar-refractivity contribution in [2.75, 3.05) is 56.9 Å². The lowest BCUT2D eigenvalue weighted by Crippen LogP contribution is -2.12. The fraction of sp³-hybridized carbons (Fsp3) is 0.281. The molecule has 0 aromatic heterocycles. The highest BCUT2D eigenvalue weighted by Crippen LogP contribution is 2.49. The Bertz CT molecular complexity index is 1570. The van der Waals surface area contributed by atoms with Gasteiger partial charge in [-0.2, -0.15) is 0 Å². The van der Waals surface area contributed by atoms with E-state index in [1.165, 1.54) is 21.3 Å². The fourth-order valence-electron chi connectivity index (χ4n) is 4.84. The van der Waals surface area contributed by atoms with E-state index in [1.54, 1.807) is 71.9 Å². The van der Waals surface area contributed by atoms with Gasteiger partial charge in [0.05, 0.1) is 63.3 Å². The summed E-state index contributed by atoms with van der Waals surface area (Å²) in [4.78, 5) is 13.2. The summed E-state index contributed by atoms with van der Waals surface area (Å²) in [6.45, 7) is 0. The van der Waals surface area contributed by atoms with Crippen LogP contribution in [0.4, 0.5) is 0 Å². The van der Waals surface area contributed by atoms with Crippen molar-refractivity contribution < 1.29 is 47.4 Å². The Hall–Kier alpha value is -4.99. The van der Waals surface area contributed by atoms with Gasteiger partial charge in [-0.15, -0.1) is 0 Å². The van der Waals surface area contributed by atoms with E-state index in [0.717, 1.165) is 10.9 Å². The average molecular weight is 579 g/mol. The third-order valence-electron chi connectivity index (χ3n) is 6.71. The number of benzene rings is 4. The van der Waals surface area contributed by atoms with Gasteiger partial charge in [-0.1, -0.05) is 6.07 Å². The molecule has 4 rings (SSSR count). The summed E-state index contributed by atoms with van der Waals surface area (Å²) in [5.74, 6) is 3.60. The minimum Gasteiger partial charge on any atom is -0.493 e. The number of carbonyl (C=O) groups is 1. The van der Waals surface area contributed by atoms with E-state index in [4.69, 9.17) is 42.6 Å². The summed E-state index contributed by atoms with van der Waals surface area (Å²) in [5, 5.41) is 1.43. The summed E-state index contributed by atoms with van der Waals surface area (Å²) in [7, 11) is 12.3. The van der Waals surface area contributed by atoms with E-state index < -0.39 is 5.97 Å². The molecule has 0 unspecified atom stereocenters. The highest BCUT2D eigenvalue weighted by Gasteiger charge is 2.22. The molecule has 0 aliphatic rings. The van der Waals surface area contributed by atoms with Crippen LogP contribution in [0.1, 0.15) is 5.56 Å². The largest absolute Gasteiger partial charge is 0.493 e. The standard InChI is InChI=1S/C32H34O10/c1-34-23-10-9-19(15-24(23)35-2)22-17-21(14-20-16-27(38-5)31(40-7)32(41-8)29(20)22)42-28(33)13-18-11-25(36-3)30(39-6)26(12-18)37-4/h9-12,14-17H,13H2,1-8H3. The minimum absolute atomic E-state index is 0.0459. The molecule has 4 aromatic rings. The van der Waals surface area contributed by atoms with Crippen LogP contribution in [0.25, 0.3) is 21.9 Å². The van der Waals surface area contributed by atoms with Crippen LogP contribution in [-0.4, -0.2) is 62.8 Å². The van der Waals surface area contributed by atoms with Crippen LogP contribution >= 0.6 is 0 Å². The van der Waals surface area contributed by atoms with E-state index in [0.29, 0.717) is 68.3 Å². The SMILES string of the molecule is COc1ccc(-c2cc(OC(=O)Cc3cc(OC)c(OC)c(OC)c3)cc3cc(OC)c(OC)c(OC)c23)cc1OC. The monoisotopic (exact) mass is 578 g/mol. The van der Waals surface area contributed by atoms with Gasteiger partial charge in [-0.3, -0.25) is 4.79 Å². The third kappa shape index (κ3) is 5.74. The first-order valence-electron chi connectivity index (χ1n) is 12.8. The lowest BCUT2D eigenvalue weighted by atomic mass is 9.96. The molecule has 0 radical (unpaired) electrons. The molecule has 0 heterocycles. The van der Waals surface area contributed by atoms with Crippen molar-refractivity contribution in [1.29, 1.82) is 0 Å². The van der Waals surface area contributed by atoms with Crippen molar-refractivity contribution >= 4 is 16.7 Å². The third-order valence-corrected chi connectivity index (χ3v) is 6.71. The zero-order valence-corrected chi connectivity index (χ0v) is 24.9. The molecule has 0 amide bonds. The second-order valence-electron chi connectivity index (χ2n) is 8.97. The molecule has 0 saturated heterocycles. The number of esters is 1. The molecule has 10 nitrogen and oxygen atoms in total. The Morgan fingerprint density at radius 3 is 1.67 bits per heavy atom. The lowest BCUT2D eigenvalue weighted by molar-refractivity contribution is -0.133. The van der Waals surface area contributed by atoms with Gasteiger partial charge in [0.15, 0.2) is 34.5 Å². The lowest BCUT2D eigenvalue weighted by Gasteiger charge is -2.19.